The van der Waals surface area contributed by atoms with Crippen LogP contribution < -0.4 is 0 Å². The zero-order chi connectivity index (χ0) is 33.3. The van der Waals surface area contributed by atoms with Gasteiger partial charge in [-0.15, -0.1) is 58.3 Å². The van der Waals surface area contributed by atoms with Gasteiger partial charge in [-0.2, -0.15) is 80.5 Å². The maximum Gasteiger partial charge on any atom is 0.0260 e. The summed E-state index contributed by atoms with van der Waals surface area (Å²) in [6.45, 7) is 0. The molecule has 10 rings (SSSR count). The van der Waals surface area contributed by atoms with E-state index in [0.717, 1.165) is 0 Å². The van der Waals surface area contributed by atoms with Crippen LogP contribution in [0.4, 0.5) is 0 Å². The minimum absolute atomic E-state index is 0. The fraction of sp³-hybridized carbons (Fsp3) is 0. The van der Waals surface area contributed by atoms with Gasteiger partial charge in [0, 0.05) is 40.9 Å². The normalized spacial score (nSPS) is 17.1. The molecule has 51 heavy (non-hydrogen) atoms. The van der Waals surface area contributed by atoms with E-state index in [1.54, 1.807) is 0 Å². The number of benzene rings is 3. The minimum Gasteiger partial charge on any atom is -0.314 e. The number of hydrogen-bond acceptors (Lipinski definition) is 8. The topological polar surface area (TPSA) is 0 Å². The smallest absolute Gasteiger partial charge is 0.0260 e. The van der Waals surface area contributed by atoms with E-state index in [2.05, 4.69) is 158 Å². The quantitative estimate of drug-likeness (QED) is 0.130. The van der Waals surface area contributed by atoms with Gasteiger partial charge in [-0.05, 0) is 32.7 Å². The molecule has 0 unspecified atom stereocenters. The zero-order valence-corrected chi connectivity index (χ0v) is 34.3. The summed E-state index contributed by atoms with van der Waals surface area (Å²) >= 11 is 15.1. The largest absolute Gasteiger partial charge is 0.314 e. The number of hydrogen-bond donors (Lipinski definition) is 0. The Hall–Kier alpha value is -2.40. The average Bonchev–Trinajstić information content (AvgIpc) is 4.00. The molecule has 9 heteroatoms. The predicted molar refractivity (Wildman–Crippen MR) is 230 cm³/mol. The van der Waals surface area contributed by atoms with Crippen molar-refractivity contribution < 1.29 is 17.1 Å². The van der Waals surface area contributed by atoms with Crippen LogP contribution in [0.2, 0.25) is 0 Å². The number of allylic oxidation sites excluding steroid dienone is 11. The van der Waals surface area contributed by atoms with Crippen LogP contribution in [-0.2, 0) is 17.1 Å². The third kappa shape index (κ3) is 7.95. The van der Waals surface area contributed by atoms with E-state index >= 15 is 0 Å². The molecule has 0 aromatic heterocycles. The van der Waals surface area contributed by atoms with Gasteiger partial charge in [0.1, 0.15) is 0 Å². The Labute approximate surface area is 343 Å². The minimum atomic E-state index is 0. The Bertz CT molecular complexity index is 2210. The molecular weight excluding hydrogens is 817 g/mol. The predicted octanol–water partition coefficient (Wildman–Crippen LogP) is 15.3. The van der Waals surface area contributed by atoms with Crippen LogP contribution in [0.1, 0.15) is 9.75 Å². The molecule has 3 aliphatic carbocycles. The molecule has 3 aromatic rings. The standard InChI is InChI=1S/2C21H13S4.Fe/c2*1-2-8-14(7-1)15(21-24-18-11-5-6-12-19(18)25-21)13-20-22-16-9-3-4-10-17(16)23-20;/h2*1-13H;/q-5;-1;. The number of rotatable bonds is 4. The van der Waals surface area contributed by atoms with Crippen molar-refractivity contribution in [2.45, 2.75) is 19.6 Å². The molecule has 1 saturated heterocycles. The van der Waals surface area contributed by atoms with Crippen molar-refractivity contribution in [3.8, 4) is 9.75 Å². The van der Waals surface area contributed by atoms with Crippen molar-refractivity contribution in [3.63, 3.8) is 0 Å². The monoisotopic (exact) mass is 842 g/mol. The van der Waals surface area contributed by atoms with Crippen molar-refractivity contribution in [3.05, 3.63) is 196 Å². The molecule has 0 nitrogen and oxygen atoms in total. The van der Waals surface area contributed by atoms with Crippen molar-refractivity contribution in [2.24, 2.45) is 0 Å². The first kappa shape index (κ1) is 35.6. The Morgan fingerprint density at radius 2 is 1.37 bits per heavy atom. The maximum absolute atomic E-state index is 2.37. The van der Waals surface area contributed by atoms with Crippen LogP contribution >= 0.6 is 93.2 Å². The summed E-state index contributed by atoms with van der Waals surface area (Å²) in [5, 5.41) is 1.36. The molecule has 0 spiro atoms. The van der Waals surface area contributed by atoms with Gasteiger partial charge in [0.25, 0.3) is 0 Å². The van der Waals surface area contributed by atoms with E-state index in [-0.39, 0.29) is 17.1 Å². The van der Waals surface area contributed by atoms with Crippen LogP contribution in [0, 0.1) is 11.7 Å². The Morgan fingerprint density at radius 3 is 2.04 bits per heavy atom. The summed E-state index contributed by atoms with van der Waals surface area (Å²) in [5.41, 5.74) is 5.26. The molecule has 1 fully saturated rings. The van der Waals surface area contributed by atoms with Gasteiger partial charge >= 0.3 is 0 Å². The van der Waals surface area contributed by atoms with Gasteiger partial charge in [0.2, 0.25) is 0 Å². The van der Waals surface area contributed by atoms with E-state index < -0.39 is 0 Å². The zero-order valence-electron chi connectivity index (χ0n) is 26.6. The van der Waals surface area contributed by atoms with Crippen molar-refractivity contribution >= 4 is 104 Å². The molecule has 256 valence electrons. The first-order chi connectivity index (χ1) is 24.7. The Kier molecular flexibility index (Phi) is 11.4. The second kappa shape index (κ2) is 16.3. The summed E-state index contributed by atoms with van der Waals surface area (Å²) in [4.78, 5) is 9.53. The SMILES string of the molecule is C(=C1Sc2ccccc2S1)C(=C1Sc2ccccc2S1)[c-]1cccc1.C1=CC(=C(/C=C2/SC3=C[CH-]C=C[C-]3S2)[c-]2sc3c[cH-]cc[c-]-3s2)C=C1.[Fe]. The number of fused-ring (bicyclic) bond motifs is 4. The summed E-state index contributed by atoms with van der Waals surface area (Å²) in [7, 11) is 0. The van der Waals surface area contributed by atoms with Gasteiger partial charge in [0.05, 0.1) is 0 Å². The summed E-state index contributed by atoms with van der Waals surface area (Å²) in [6, 6.07) is 34.6. The van der Waals surface area contributed by atoms with E-state index in [1.807, 2.05) is 93.2 Å². The van der Waals surface area contributed by atoms with E-state index in [1.165, 1.54) is 78.7 Å². The Balaban J connectivity index is 0.000000144. The van der Waals surface area contributed by atoms with Gasteiger partial charge in [-0.1, -0.05) is 81.3 Å². The second-order valence-electron chi connectivity index (χ2n) is 11.3. The molecule has 3 aromatic carbocycles. The molecule has 4 aliphatic heterocycles. The van der Waals surface area contributed by atoms with E-state index in [9.17, 15) is 0 Å². The summed E-state index contributed by atoms with van der Waals surface area (Å²) < 4.78 is 5.44. The van der Waals surface area contributed by atoms with E-state index in [4.69, 9.17) is 0 Å². The summed E-state index contributed by atoms with van der Waals surface area (Å²) in [6.07, 6.45) is 22.0. The van der Waals surface area contributed by atoms with Crippen LogP contribution in [0.25, 0.3) is 20.9 Å². The number of thioether (sulfide) groups is 6. The van der Waals surface area contributed by atoms with E-state index in [0.29, 0.717) is 0 Å². The molecule has 0 N–H and O–H groups in total. The fourth-order valence-electron chi connectivity index (χ4n) is 5.59. The molecular formula is C42H26FeS8-6. The van der Waals surface area contributed by atoms with Crippen LogP contribution in [-0.4, -0.2) is 0 Å². The van der Waals surface area contributed by atoms with Crippen LogP contribution in [0.5, 0.6) is 0 Å². The average molecular weight is 843 g/mol. The molecule has 0 amide bonds. The molecule has 7 aliphatic rings. The van der Waals surface area contributed by atoms with Gasteiger partial charge < -0.3 is 11.3 Å². The first-order valence-electron chi connectivity index (χ1n) is 15.9. The molecule has 0 atom stereocenters. The van der Waals surface area contributed by atoms with Crippen molar-refractivity contribution in [2.75, 3.05) is 0 Å². The second-order valence-corrected chi connectivity index (χ2v) is 20.9. The molecule has 0 bridgehead atoms. The maximum atomic E-state index is 2.37. The molecule has 0 saturated carbocycles. The van der Waals surface area contributed by atoms with Crippen molar-refractivity contribution in [1.29, 1.82) is 0 Å². The molecule has 4 heterocycles. The first-order valence-corrected chi connectivity index (χ1v) is 22.4. The third-order valence-electron chi connectivity index (χ3n) is 7.96. The summed E-state index contributed by atoms with van der Waals surface area (Å²) in [5.74, 6) is 0. The van der Waals surface area contributed by atoms with Gasteiger partial charge in [-0.3, -0.25) is 36.0 Å². The fourth-order valence-corrected chi connectivity index (χ4v) is 15.5. The van der Waals surface area contributed by atoms with Crippen molar-refractivity contribution in [1.82, 2.24) is 0 Å². The van der Waals surface area contributed by atoms with Gasteiger partial charge in [-0.25, -0.2) is 6.07 Å². The van der Waals surface area contributed by atoms with Crippen LogP contribution in [0.15, 0.2) is 195 Å². The molecule has 0 radical (unpaired) electrons. The third-order valence-corrected chi connectivity index (χ3v) is 18.0. The van der Waals surface area contributed by atoms with Gasteiger partial charge in [0.15, 0.2) is 0 Å². The Morgan fingerprint density at radius 1 is 0.706 bits per heavy atom. The van der Waals surface area contributed by atoms with Crippen LogP contribution in [0.3, 0.4) is 0 Å².